The molecule has 0 unspecified atom stereocenters. The highest BCUT2D eigenvalue weighted by Gasteiger charge is 2.25. The molecule has 1 N–H and O–H groups in total. The fourth-order valence-corrected chi connectivity index (χ4v) is 2.75. The maximum atomic E-state index is 9.44. The Morgan fingerprint density at radius 1 is 1.48 bits per heavy atom. The van der Waals surface area contributed by atoms with Gasteiger partial charge in [-0.05, 0) is 25.0 Å². The molecule has 1 saturated heterocycles. The second kappa shape index (κ2) is 6.13. The van der Waals surface area contributed by atoms with E-state index in [0.29, 0.717) is 6.54 Å². The van der Waals surface area contributed by atoms with Crippen LogP contribution in [0, 0.1) is 0 Å². The van der Waals surface area contributed by atoms with Gasteiger partial charge in [-0.2, -0.15) is 0 Å². The van der Waals surface area contributed by atoms with Crippen molar-refractivity contribution in [3.05, 3.63) is 36.5 Å². The molecule has 6 heteroatoms. The van der Waals surface area contributed by atoms with Gasteiger partial charge in [0.05, 0.1) is 25.5 Å². The van der Waals surface area contributed by atoms with Crippen molar-refractivity contribution in [1.29, 1.82) is 0 Å². The summed E-state index contributed by atoms with van der Waals surface area (Å²) in [7, 11) is 1.97. The second-order valence-corrected chi connectivity index (χ2v) is 5.34. The number of hydrogen-bond donors (Lipinski definition) is 1. The van der Waals surface area contributed by atoms with E-state index in [-0.39, 0.29) is 12.6 Å². The van der Waals surface area contributed by atoms with E-state index in [0.717, 1.165) is 36.8 Å². The maximum Gasteiger partial charge on any atom is 0.134 e. The first-order chi connectivity index (χ1) is 10.3. The molecule has 0 amide bonds. The molecule has 6 nitrogen and oxygen atoms in total. The summed E-state index contributed by atoms with van der Waals surface area (Å²) in [6.45, 7) is 1.76. The van der Waals surface area contributed by atoms with Crippen LogP contribution in [0.4, 0.5) is 11.6 Å². The number of anilines is 2. The van der Waals surface area contributed by atoms with E-state index in [1.165, 1.54) is 0 Å². The van der Waals surface area contributed by atoms with Crippen molar-refractivity contribution >= 4 is 11.6 Å². The summed E-state index contributed by atoms with van der Waals surface area (Å²) < 4.78 is 5.36. The van der Waals surface area contributed by atoms with Gasteiger partial charge < -0.3 is 19.3 Å². The lowest BCUT2D eigenvalue weighted by molar-refractivity contribution is 0.266. The van der Waals surface area contributed by atoms with E-state index in [1.54, 1.807) is 12.6 Å². The van der Waals surface area contributed by atoms with Gasteiger partial charge in [-0.3, -0.25) is 0 Å². The highest BCUT2D eigenvalue weighted by molar-refractivity contribution is 5.51. The van der Waals surface area contributed by atoms with Gasteiger partial charge in [0.2, 0.25) is 0 Å². The van der Waals surface area contributed by atoms with Crippen LogP contribution in [-0.4, -0.2) is 41.3 Å². The van der Waals surface area contributed by atoms with E-state index in [1.807, 2.05) is 30.1 Å². The summed E-state index contributed by atoms with van der Waals surface area (Å²) in [6, 6.07) is 5.96. The zero-order chi connectivity index (χ0) is 14.7. The van der Waals surface area contributed by atoms with Crippen LogP contribution in [0.5, 0.6) is 0 Å². The van der Waals surface area contributed by atoms with Gasteiger partial charge in [-0.25, -0.2) is 9.97 Å². The molecule has 3 heterocycles. The molecule has 1 atom stereocenters. The van der Waals surface area contributed by atoms with Crippen molar-refractivity contribution in [3.8, 4) is 0 Å². The average Bonchev–Trinajstić information content (AvgIpc) is 3.18. The van der Waals surface area contributed by atoms with Crippen molar-refractivity contribution in [2.24, 2.45) is 0 Å². The first-order valence-electron chi connectivity index (χ1n) is 7.21. The fourth-order valence-electron chi connectivity index (χ4n) is 2.75. The van der Waals surface area contributed by atoms with Crippen LogP contribution < -0.4 is 9.80 Å². The lowest BCUT2D eigenvalue weighted by Crippen LogP contribution is -2.33. The van der Waals surface area contributed by atoms with Crippen LogP contribution in [0.2, 0.25) is 0 Å². The van der Waals surface area contributed by atoms with Crippen molar-refractivity contribution in [2.45, 2.75) is 25.4 Å². The summed E-state index contributed by atoms with van der Waals surface area (Å²) in [4.78, 5) is 12.9. The predicted octanol–water partition coefficient (Wildman–Crippen LogP) is 1.67. The fraction of sp³-hybridized carbons (Fsp3) is 0.467. The molecule has 1 aliphatic heterocycles. The minimum Gasteiger partial charge on any atom is -0.467 e. The zero-order valence-electron chi connectivity index (χ0n) is 12.1. The minimum atomic E-state index is 0.168. The molecule has 112 valence electrons. The number of aliphatic hydroxyl groups excluding tert-OH is 1. The summed E-state index contributed by atoms with van der Waals surface area (Å²) in [6.07, 6.45) is 5.35. The van der Waals surface area contributed by atoms with Gasteiger partial charge in [0, 0.05) is 19.7 Å². The number of aromatic nitrogens is 2. The molecule has 3 rings (SSSR count). The van der Waals surface area contributed by atoms with Gasteiger partial charge in [0.25, 0.3) is 0 Å². The van der Waals surface area contributed by atoms with E-state index in [4.69, 9.17) is 4.42 Å². The number of aliphatic hydroxyl groups is 1. The smallest absolute Gasteiger partial charge is 0.134 e. The highest BCUT2D eigenvalue weighted by Crippen LogP contribution is 2.25. The molecule has 21 heavy (non-hydrogen) atoms. The molecule has 0 bridgehead atoms. The third-order valence-corrected chi connectivity index (χ3v) is 3.88. The van der Waals surface area contributed by atoms with E-state index >= 15 is 0 Å². The van der Waals surface area contributed by atoms with Crippen molar-refractivity contribution in [1.82, 2.24) is 9.97 Å². The molecule has 2 aromatic heterocycles. The Morgan fingerprint density at radius 2 is 2.38 bits per heavy atom. The maximum absolute atomic E-state index is 9.44. The first-order valence-corrected chi connectivity index (χ1v) is 7.21. The van der Waals surface area contributed by atoms with Crippen molar-refractivity contribution < 1.29 is 9.52 Å². The van der Waals surface area contributed by atoms with Gasteiger partial charge >= 0.3 is 0 Å². The predicted molar refractivity (Wildman–Crippen MR) is 80.3 cm³/mol. The van der Waals surface area contributed by atoms with Crippen LogP contribution in [0.15, 0.2) is 35.2 Å². The van der Waals surface area contributed by atoms with Crippen molar-refractivity contribution in [2.75, 3.05) is 30.0 Å². The Labute approximate surface area is 124 Å². The van der Waals surface area contributed by atoms with Crippen molar-refractivity contribution in [3.63, 3.8) is 0 Å². The van der Waals surface area contributed by atoms with E-state index in [2.05, 4.69) is 14.9 Å². The second-order valence-electron chi connectivity index (χ2n) is 5.34. The van der Waals surface area contributed by atoms with E-state index in [9.17, 15) is 5.11 Å². The van der Waals surface area contributed by atoms with Crippen LogP contribution in [-0.2, 0) is 6.54 Å². The summed E-state index contributed by atoms with van der Waals surface area (Å²) in [5.74, 6) is 2.62. The number of rotatable bonds is 5. The number of nitrogens with zero attached hydrogens (tertiary/aromatic N) is 4. The molecule has 0 radical (unpaired) electrons. The number of hydrogen-bond acceptors (Lipinski definition) is 6. The van der Waals surface area contributed by atoms with Gasteiger partial charge in [0.1, 0.15) is 23.7 Å². The standard InChI is InChI=1S/C15H20N4O2/c1-18(9-13-5-3-7-21-13)14-8-15(17-11-16-14)19-6-2-4-12(19)10-20/h3,5,7-8,11-12,20H,2,4,6,9-10H2,1H3/t12-/m0/s1. The molecular formula is C15H20N4O2. The SMILES string of the molecule is CN(Cc1ccco1)c1cc(N2CCC[C@H]2CO)ncn1. The normalized spacial score (nSPS) is 18.2. The van der Waals surface area contributed by atoms with Crippen LogP contribution in [0.1, 0.15) is 18.6 Å². The Balaban J connectivity index is 1.76. The summed E-state index contributed by atoms with van der Waals surface area (Å²) >= 11 is 0. The van der Waals surface area contributed by atoms with Gasteiger partial charge in [-0.1, -0.05) is 0 Å². The molecule has 0 saturated carbocycles. The Hall–Kier alpha value is -2.08. The molecule has 0 spiro atoms. The van der Waals surface area contributed by atoms with Crippen LogP contribution >= 0.6 is 0 Å². The monoisotopic (exact) mass is 288 g/mol. The van der Waals surface area contributed by atoms with Crippen LogP contribution in [0.3, 0.4) is 0 Å². The molecule has 1 aliphatic rings. The average molecular weight is 288 g/mol. The third kappa shape index (κ3) is 3.00. The Bertz CT molecular complexity index is 573. The first kappa shape index (κ1) is 13.9. The molecule has 0 aliphatic carbocycles. The summed E-state index contributed by atoms with van der Waals surface area (Å²) in [5, 5.41) is 9.44. The molecule has 0 aromatic carbocycles. The third-order valence-electron chi connectivity index (χ3n) is 3.88. The lowest BCUT2D eigenvalue weighted by Gasteiger charge is -2.25. The molecular weight excluding hydrogens is 268 g/mol. The Kier molecular flexibility index (Phi) is 4.06. The highest BCUT2D eigenvalue weighted by atomic mass is 16.3. The lowest BCUT2D eigenvalue weighted by atomic mass is 10.2. The zero-order valence-corrected chi connectivity index (χ0v) is 12.1. The Morgan fingerprint density at radius 3 is 3.14 bits per heavy atom. The largest absolute Gasteiger partial charge is 0.467 e. The van der Waals surface area contributed by atoms with Crippen LogP contribution in [0.25, 0.3) is 0 Å². The minimum absolute atomic E-state index is 0.168. The van der Waals surface area contributed by atoms with Gasteiger partial charge in [0.15, 0.2) is 0 Å². The van der Waals surface area contributed by atoms with E-state index < -0.39 is 0 Å². The quantitative estimate of drug-likeness (QED) is 0.903. The topological polar surface area (TPSA) is 65.6 Å². The molecule has 2 aromatic rings. The summed E-state index contributed by atoms with van der Waals surface area (Å²) in [5.41, 5.74) is 0. The molecule has 1 fully saturated rings. The van der Waals surface area contributed by atoms with Gasteiger partial charge in [-0.15, -0.1) is 0 Å². The number of furan rings is 1.